The van der Waals surface area contributed by atoms with Gasteiger partial charge in [0.25, 0.3) is 11.6 Å². The van der Waals surface area contributed by atoms with Gasteiger partial charge in [-0.15, -0.1) is 11.3 Å². The summed E-state index contributed by atoms with van der Waals surface area (Å²) in [7, 11) is 0. The SMILES string of the molecule is Nc1ccc([N+](=O)[O-])cc1C(=O)N/N=C/c1cccs1. The van der Waals surface area contributed by atoms with Crippen molar-refractivity contribution in [3.63, 3.8) is 0 Å². The van der Waals surface area contributed by atoms with Crippen LogP contribution >= 0.6 is 11.3 Å². The number of nitrogens with one attached hydrogen (secondary N) is 1. The number of hydrogen-bond donors (Lipinski definition) is 2. The smallest absolute Gasteiger partial charge is 0.273 e. The highest BCUT2D eigenvalue weighted by Gasteiger charge is 2.14. The van der Waals surface area contributed by atoms with Crippen LogP contribution in [0.2, 0.25) is 0 Å². The molecular weight excluding hydrogens is 280 g/mol. The normalized spacial score (nSPS) is 10.6. The fourth-order valence-corrected chi connectivity index (χ4v) is 2.02. The Bertz CT molecular complexity index is 667. The van der Waals surface area contributed by atoms with Gasteiger partial charge >= 0.3 is 0 Å². The fourth-order valence-electron chi connectivity index (χ4n) is 1.43. The van der Waals surface area contributed by atoms with Crippen molar-refractivity contribution in [1.82, 2.24) is 5.43 Å². The van der Waals surface area contributed by atoms with E-state index in [0.29, 0.717) is 0 Å². The summed E-state index contributed by atoms with van der Waals surface area (Å²) in [5.74, 6) is -0.598. The molecule has 0 saturated carbocycles. The van der Waals surface area contributed by atoms with E-state index in [1.165, 1.54) is 29.7 Å². The highest BCUT2D eigenvalue weighted by atomic mass is 32.1. The number of rotatable bonds is 4. The monoisotopic (exact) mass is 290 g/mol. The Hall–Kier alpha value is -2.74. The van der Waals surface area contributed by atoms with E-state index in [1.807, 2.05) is 17.5 Å². The topological polar surface area (TPSA) is 111 Å². The number of nitro benzene ring substituents is 1. The van der Waals surface area contributed by atoms with Gasteiger partial charge in [0, 0.05) is 22.7 Å². The van der Waals surface area contributed by atoms with Gasteiger partial charge in [0.05, 0.1) is 16.7 Å². The van der Waals surface area contributed by atoms with E-state index < -0.39 is 10.8 Å². The summed E-state index contributed by atoms with van der Waals surface area (Å²) in [6.07, 6.45) is 1.48. The number of nitrogen functional groups attached to an aromatic ring is 1. The number of amides is 1. The van der Waals surface area contributed by atoms with Crippen LogP contribution in [0, 0.1) is 10.1 Å². The summed E-state index contributed by atoms with van der Waals surface area (Å²) in [6.45, 7) is 0. The van der Waals surface area contributed by atoms with E-state index in [4.69, 9.17) is 5.73 Å². The minimum atomic E-state index is -0.598. The van der Waals surface area contributed by atoms with E-state index >= 15 is 0 Å². The third-order valence-corrected chi connectivity index (χ3v) is 3.20. The summed E-state index contributed by atoms with van der Waals surface area (Å²) in [6, 6.07) is 7.36. The summed E-state index contributed by atoms with van der Waals surface area (Å²) < 4.78 is 0. The van der Waals surface area contributed by atoms with Gasteiger partial charge < -0.3 is 5.73 Å². The number of carbonyl (C=O) groups excluding carboxylic acids is 1. The van der Waals surface area contributed by atoms with Gasteiger partial charge in [-0.3, -0.25) is 14.9 Å². The Morgan fingerprint density at radius 1 is 1.45 bits per heavy atom. The first-order valence-electron chi connectivity index (χ1n) is 5.49. The maximum Gasteiger partial charge on any atom is 0.273 e. The zero-order chi connectivity index (χ0) is 14.5. The molecule has 2 aromatic rings. The molecule has 7 nitrogen and oxygen atoms in total. The number of benzene rings is 1. The quantitative estimate of drug-likeness (QED) is 0.388. The number of hydrogen-bond acceptors (Lipinski definition) is 6. The fraction of sp³-hybridized carbons (Fsp3) is 0. The third-order valence-electron chi connectivity index (χ3n) is 2.39. The first-order valence-corrected chi connectivity index (χ1v) is 6.36. The standard InChI is InChI=1S/C12H10N4O3S/c13-11-4-3-8(16(18)19)6-10(11)12(17)15-14-7-9-2-1-5-20-9/h1-7H,13H2,(H,15,17)/b14-7+. The number of hydrazone groups is 1. The van der Waals surface area contributed by atoms with Crippen molar-refractivity contribution in [3.8, 4) is 0 Å². The van der Waals surface area contributed by atoms with Crippen molar-refractivity contribution in [2.45, 2.75) is 0 Å². The van der Waals surface area contributed by atoms with E-state index in [1.54, 1.807) is 0 Å². The average molecular weight is 290 g/mol. The van der Waals surface area contributed by atoms with Gasteiger partial charge in [-0.1, -0.05) is 6.07 Å². The lowest BCUT2D eigenvalue weighted by Gasteiger charge is -2.03. The molecule has 20 heavy (non-hydrogen) atoms. The van der Waals surface area contributed by atoms with Crippen molar-refractivity contribution in [1.29, 1.82) is 0 Å². The number of non-ortho nitro benzene ring substituents is 1. The number of anilines is 1. The van der Waals surface area contributed by atoms with E-state index in [2.05, 4.69) is 10.5 Å². The predicted molar refractivity (Wildman–Crippen MR) is 76.9 cm³/mol. The first-order chi connectivity index (χ1) is 9.58. The lowest BCUT2D eigenvalue weighted by molar-refractivity contribution is -0.384. The van der Waals surface area contributed by atoms with Gasteiger partial charge in [-0.05, 0) is 17.5 Å². The zero-order valence-corrected chi connectivity index (χ0v) is 11.0. The molecule has 0 aliphatic heterocycles. The van der Waals surface area contributed by atoms with E-state index in [0.717, 1.165) is 10.9 Å². The van der Waals surface area contributed by atoms with Gasteiger partial charge in [0.1, 0.15) is 0 Å². The van der Waals surface area contributed by atoms with Gasteiger partial charge in [-0.2, -0.15) is 5.10 Å². The Labute approximate surface area is 117 Å². The molecule has 0 fully saturated rings. The summed E-state index contributed by atoms with van der Waals surface area (Å²) in [5, 5.41) is 16.3. The second kappa shape index (κ2) is 5.93. The minimum absolute atomic E-state index is 0.0162. The first kappa shape index (κ1) is 13.7. The Kier molecular flexibility index (Phi) is 4.06. The van der Waals surface area contributed by atoms with Crippen LogP contribution < -0.4 is 11.2 Å². The summed E-state index contributed by atoms with van der Waals surface area (Å²) in [4.78, 5) is 22.8. The van der Waals surface area contributed by atoms with Crippen molar-refractivity contribution in [3.05, 3.63) is 56.3 Å². The van der Waals surface area contributed by atoms with Crippen LogP contribution in [0.5, 0.6) is 0 Å². The van der Waals surface area contributed by atoms with Gasteiger partial charge in [0.2, 0.25) is 0 Å². The molecule has 0 atom stereocenters. The summed E-state index contributed by atoms with van der Waals surface area (Å²) >= 11 is 1.47. The average Bonchev–Trinajstić information content (AvgIpc) is 2.92. The second-order valence-corrected chi connectivity index (χ2v) is 4.72. The maximum absolute atomic E-state index is 11.8. The molecule has 0 aliphatic carbocycles. The zero-order valence-electron chi connectivity index (χ0n) is 10.1. The molecule has 102 valence electrons. The lowest BCUT2D eigenvalue weighted by atomic mass is 10.1. The highest BCUT2D eigenvalue weighted by Crippen LogP contribution is 2.19. The molecule has 1 aromatic carbocycles. The lowest BCUT2D eigenvalue weighted by Crippen LogP contribution is -2.19. The van der Waals surface area contributed by atoms with Crippen LogP contribution in [0.4, 0.5) is 11.4 Å². The number of nitrogens with two attached hydrogens (primary N) is 1. The van der Waals surface area contributed by atoms with Crippen LogP contribution in [-0.4, -0.2) is 17.0 Å². The third kappa shape index (κ3) is 3.18. The molecule has 1 amide bonds. The predicted octanol–water partition coefficient (Wildman–Crippen LogP) is 2.00. The molecule has 0 spiro atoms. The van der Waals surface area contributed by atoms with Gasteiger partial charge in [0.15, 0.2) is 0 Å². The van der Waals surface area contributed by atoms with Crippen molar-refractivity contribution in [2.75, 3.05) is 5.73 Å². The van der Waals surface area contributed by atoms with Crippen LogP contribution in [0.3, 0.4) is 0 Å². The minimum Gasteiger partial charge on any atom is -0.398 e. The van der Waals surface area contributed by atoms with E-state index in [9.17, 15) is 14.9 Å². The summed E-state index contributed by atoms with van der Waals surface area (Å²) in [5.41, 5.74) is 7.87. The van der Waals surface area contributed by atoms with Crippen molar-refractivity contribution in [2.24, 2.45) is 5.10 Å². The maximum atomic E-state index is 11.8. The second-order valence-electron chi connectivity index (χ2n) is 3.74. The van der Waals surface area contributed by atoms with Crippen LogP contribution in [-0.2, 0) is 0 Å². The number of carbonyl (C=O) groups is 1. The van der Waals surface area contributed by atoms with Gasteiger partial charge in [-0.25, -0.2) is 5.43 Å². The Morgan fingerprint density at radius 3 is 2.90 bits per heavy atom. The molecule has 1 aromatic heterocycles. The molecule has 0 unspecified atom stereocenters. The molecule has 1 heterocycles. The largest absolute Gasteiger partial charge is 0.398 e. The molecule has 2 rings (SSSR count). The van der Waals surface area contributed by atoms with Crippen LogP contribution in [0.15, 0.2) is 40.8 Å². The molecule has 0 bridgehead atoms. The van der Waals surface area contributed by atoms with Crippen molar-refractivity contribution < 1.29 is 9.72 Å². The number of nitrogens with zero attached hydrogens (tertiary/aromatic N) is 2. The number of nitro groups is 1. The molecular formula is C12H10N4O3S. The Balaban J connectivity index is 2.12. The molecule has 3 N–H and O–H groups in total. The molecule has 8 heteroatoms. The highest BCUT2D eigenvalue weighted by molar-refractivity contribution is 7.11. The van der Waals surface area contributed by atoms with Crippen molar-refractivity contribution >= 4 is 34.8 Å². The van der Waals surface area contributed by atoms with Crippen LogP contribution in [0.25, 0.3) is 0 Å². The molecule has 0 radical (unpaired) electrons. The number of thiophene rings is 1. The molecule has 0 aliphatic rings. The van der Waals surface area contributed by atoms with E-state index in [-0.39, 0.29) is 16.9 Å². The Morgan fingerprint density at radius 2 is 2.25 bits per heavy atom. The van der Waals surface area contributed by atoms with Crippen LogP contribution in [0.1, 0.15) is 15.2 Å². The molecule has 0 saturated heterocycles.